The van der Waals surface area contributed by atoms with Crippen LogP contribution in [0, 0.1) is 0 Å². The van der Waals surface area contributed by atoms with E-state index in [2.05, 4.69) is 151 Å². The van der Waals surface area contributed by atoms with Gasteiger partial charge >= 0.3 is 0 Å². The smallest absolute Gasteiger partial charge is 0.0433 e. The van der Waals surface area contributed by atoms with Crippen LogP contribution in [0.3, 0.4) is 0 Å². The van der Waals surface area contributed by atoms with Gasteiger partial charge in [-0.05, 0) is 80.2 Å². The standard InChI is InChI=1S/C38H25NS/c1-2-7-32-26(6-1)12-13-29-24-28(18-23-33(29)32)25-14-19-30(20-15-25)39-31-21-16-27(17-22-31)34-9-5-10-36-35-8-3-4-11-37(35)40-38(34)36/h1-24,39H. The van der Waals surface area contributed by atoms with Crippen molar-refractivity contribution in [1.29, 1.82) is 0 Å². The first-order valence-electron chi connectivity index (χ1n) is 13.6. The normalized spacial score (nSPS) is 11.5. The summed E-state index contributed by atoms with van der Waals surface area (Å²) >= 11 is 1.87. The lowest BCUT2D eigenvalue weighted by molar-refractivity contribution is 1.54. The van der Waals surface area contributed by atoms with E-state index in [1.807, 2.05) is 11.3 Å². The van der Waals surface area contributed by atoms with Crippen LogP contribution in [0.25, 0.3) is 64.0 Å². The van der Waals surface area contributed by atoms with Crippen molar-refractivity contribution >= 4 is 64.4 Å². The van der Waals surface area contributed by atoms with Crippen LogP contribution in [0.1, 0.15) is 0 Å². The van der Waals surface area contributed by atoms with Gasteiger partial charge in [-0.15, -0.1) is 11.3 Å². The monoisotopic (exact) mass is 527 g/mol. The molecule has 188 valence electrons. The molecule has 0 radical (unpaired) electrons. The molecule has 1 nitrogen and oxygen atoms in total. The number of rotatable bonds is 4. The van der Waals surface area contributed by atoms with Crippen LogP contribution in [0.2, 0.25) is 0 Å². The number of thiophene rings is 1. The Balaban J connectivity index is 1.04. The maximum absolute atomic E-state index is 3.57. The molecule has 0 unspecified atom stereocenters. The summed E-state index contributed by atoms with van der Waals surface area (Å²) in [6.45, 7) is 0. The molecule has 0 aliphatic rings. The lowest BCUT2D eigenvalue weighted by atomic mass is 9.97. The summed E-state index contributed by atoms with van der Waals surface area (Å²) in [5.74, 6) is 0. The van der Waals surface area contributed by atoms with Gasteiger partial charge in [0.15, 0.2) is 0 Å². The first-order valence-corrected chi connectivity index (χ1v) is 14.4. The van der Waals surface area contributed by atoms with Crippen molar-refractivity contribution in [1.82, 2.24) is 0 Å². The van der Waals surface area contributed by atoms with Crippen molar-refractivity contribution in [3.63, 3.8) is 0 Å². The number of nitrogens with one attached hydrogen (secondary N) is 1. The van der Waals surface area contributed by atoms with Crippen LogP contribution >= 0.6 is 11.3 Å². The van der Waals surface area contributed by atoms with Crippen molar-refractivity contribution in [2.75, 3.05) is 5.32 Å². The number of anilines is 2. The Labute approximate surface area is 237 Å². The minimum absolute atomic E-state index is 1.08. The average molecular weight is 528 g/mol. The van der Waals surface area contributed by atoms with Crippen molar-refractivity contribution in [3.8, 4) is 22.3 Å². The van der Waals surface area contributed by atoms with Gasteiger partial charge in [-0.1, -0.05) is 109 Å². The van der Waals surface area contributed by atoms with Crippen LogP contribution in [-0.2, 0) is 0 Å². The Morgan fingerprint density at radius 3 is 1.85 bits per heavy atom. The molecule has 40 heavy (non-hydrogen) atoms. The molecule has 1 aromatic heterocycles. The van der Waals surface area contributed by atoms with E-state index in [0.717, 1.165) is 11.4 Å². The Hall–Kier alpha value is -4.92. The highest BCUT2D eigenvalue weighted by Gasteiger charge is 2.10. The largest absolute Gasteiger partial charge is 0.356 e. The van der Waals surface area contributed by atoms with Gasteiger partial charge in [0, 0.05) is 31.5 Å². The number of hydrogen-bond acceptors (Lipinski definition) is 2. The van der Waals surface area contributed by atoms with Crippen molar-refractivity contribution in [2.45, 2.75) is 0 Å². The van der Waals surface area contributed by atoms with Gasteiger partial charge < -0.3 is 5.32 Å². The molecule has 8 rings (SSSR count). The number of hydrogen-bond donors (Lipinski definition) is 1. The highest BCUT2D eigenvalue weighted by Crippen LogP contribution is 2.40. The van der Waals surface area contributed by atoms with Crippen LogP contribution < -0.4 is 5.32 Å². The highest BCUT2D eigenvalue weighted by molar-refractivity contribution is 7.26. The summed E-state index contributed by atoms with van der Waals surface area (Å²) in [5.41, 5.74) is 7.13. The molecule has 7 aromatic carbocycles. The van der Waals surface area contributed by atoms with E-state index in [1.54, 1.807) is 0 Å². The molecule has 0 aliphatic heterocycles. The zero-order valence-electron chi connectivity index (χ0n) is 21.8. The molecule has 8 aromatic rings. The van der Waals surface area contributed by atoms with E-state index in [4.69, 9.17) is 0 Å². The maximum Gasteiger partial charge on any atom is 0.0433 e. The molecule has 0 bridgehead atoms. The predicted octanol–water partition coefficient (Wildman–Crippen LogP) is 11.4. The Bertz CT molecular complexity index is 2170. The molecule has 0 fully saturated rings. The minimum atomic E-state index is 1.08. The highest BCUT2D eigenvalue weighted by atomic mass is 32.1. The fourth-order valence-electron chi connectivity index (χ4n) is 5.81. The third-order valence-corrected chi connectivity index (χ3v) is 9.07. The molecular weight excluding hydrogens is 502 g/mol. The molecular formula is C38H25NS. The van der Waals surface area contributed by atoms with Gasteiger partial charge in [-0.3, -0.25) is 0 Å². The minimum Gasteiger partial charge on any atom is -0.356 e. The van der Waals surface area contributed by atoms with Crippen LogP contribution in [-0.4, -0.2) is 0 Å². The molecule has 0 saturated heterocycles. The molecule has 1 N–H and O–H groups in total. The molecule has 0 aliphatic carbocycles. The Kier molecular flexibility index (Phi) is 5.39. The van der Waals surface area contributed by atoms with Crippen molar-refractivity contribution in [3.05, 3.63) is 146 Å². The fourth-order valence-corrected chi connectivity index (χ4v) is 7.05. The molecule has 2 heteroatoms. The quantitative estimate of drug-likeness (QED) is 0.224. The lowest BCUT2D eigenvalue weighted by Gasteiger charge is -2.10. The van der Waals surface area contributed by atoms with Gasteiger partial charge in [-0.2, -0.15) is 0 Å². The lowest BCUT2D eigenvalue weighted by Crippen LogP contribution is -1.90. The Morgan fingerprint density at radius 2 is 1.02 bits per heavy atom. The van der Waals surface area contributed by atoms with Crippen LogP contribution in [0.5, 0.6) is 0 Å². The molecule has 0 amide bonds. The van der Waals surface area contributed by atoms with Gasteiger partial charge in [0.1, 0.15) is 0 Å². The fraction of sp³-hybridized carbons (Fsp3) is 0. The zero-order chi connectivity index (χ0) is 26.5. The average Bonchev–Trinajstić information content (AvgIpc) is 3.41. The van der Waals surface area contributed by atoms with Gasteiger partial charge in [0.25, 0.3) is 0 Å². The topological polar surface area (TPSA) is 12.0 Å². The summed E-state index contributed by atoms with van der Waals surface area (Å²) in [6.07, 6.45) is 0. The van der Waals surface area contributed by atoms with Crippen molar-refractivity contribution < 1.29 is 0 Å². The van der Waals surface area contributed by atoms with Crippen LogP contribution in [0.4, 0.5) is 11.4 Å². The van der Waals surface area contributed by atoms with Gasteiger partial charge in [0.2, 0.25) is 0 Å². The molecule has 0 saturated carbocycles. The SMILES string of the molecule is c1ccc2c(c1)ccc1cc(-c3ccc(Nc4ccc(-c5cccc6c5sc5ccccc56)cc4)cc3)ccc12. The third kappa shape index (κ3) is 3.93. The number of benzene rings is 7. The van der Waals surface area contributed by atoms with E-state index in [0.29, 0.717) is 0 Å². The molecule has 0 atom stereocenters. The third-order valence-electron chi connectivity index (χ3n) is 7.85. The van der Waals surface area contributed by atoms with E-state index in [-0.39, 0.29) is 0 Å². The maximum atomic E-state index is 3.57. The van der Waals surface area contributed by atoms with Gasteiger partial charge in [-0.25, -0.2) is 0 Å². The first kappa shape index (κ1) is 23.0. The van der Waals surface area contributed by atoms with Gasteiger partial charge in [0.05, 0.1) is 0 Å². The summed E-state index contributed by atoms with van der Waals surface area (Å²) < 4.78 is 2.69. The second-order valence-corrected chi connectivity index (χ2v) is 11.3. The van der Waals surface area contributed by atoms with Crippen molar-refractivity contribution in [2.24, 2.45) is 0 Å². The predicted molar refractivity (Wildman–Crippen MR) is 175 cm³/mol. The molecule has 1 heterocycles. The second kappa shape index (κ2) is 9.37. The molecule has 0 spiro atoms. The van der Waals surface area contributed by atoms with E-state index in [1.165, 1.54) is 64.0 Å². The van der Waals surface area contributed by atoms with E-state index >= 15 is 0 Å². The Morgan fingerprint density at radius 1 is 0.400 bits per heavy atom. The summed E-state index contributed by atoms with van der Waals surface area (Å²) in [7, 11) is 0. The van der Waals surface area contributed by atoms with Crippen LogP contribution in [0.15, 0.2) is 146 Å². The summed E-state index contributed by atoms with van der Waals surface area (Å²) in [4.78, 5) is 0. The summed E-state index contributed by atoms with van der Waals surface area (Å²) in [6, 6.07) is 52.6. The zero-order valence-corrected chi connectivity index (χ0v) is 22.6. The van der Waals surface area contributed by atoms with E-state index < -0.39 is 0 Å². The summed E-state index contributed by atoms with van der Waals surface area (Å²) in [5, 5.41) is 11.4. The second-order valence-electron chi connectivity index (χ2n) is 10.3. The number of fused-ring (bicyclic) bond motifs is 6. The first-order chi connectivity index (χ1) is 19.8. The van der Waals surface area contributed by atoms with E-state index in [9.17, 15) is 0 Å².